The molecule has 90 valence electrons. The molecule has 0 fully saturated rings. The van der Waals surface area contributed by atoms with Gasteiger partial charge in [-0.3, -0.25) is 0 Å². The maximum absolute atomic E-state index is 13.2. The van der Waals surface area contributed by atoms with Crippen molar-refractivity contribution < 1.29 is 19.0 Å². The highest BCUT2D eigenvalue weighted by molar-refractivity contribution is 5.21. The number of hydrogen-bond donors (Lipinski definition) is 3. The minimum Gasteiger partial charge on any atom is -0.395 e. The largest absolute Gasteiger partial charge is 0.395 e. The molecule has 16 heavy (non-hydrogen) atoms. The van der Waals surface area contributed by atoms with Gasteiger partial charge in [-0.1, -0.05) is 6.07 Å². The maximum Gasteiger partial charge on any atom is 0.131 e. The van der Waals surface area contributed by atoms with E-state index in [-0.39, 0.29) is 24.8 Å². The molecule has 1 aromatic carbocycles. The Bertz CT molecular complexity index is 347. The van der Waals surface area contributed by atoms with Crippen LogP contribution in [0.4, 0.5) is 8.78 Å². The highest BCUT2D eigenvalue weighted by Crippen LogP contribution is 2.17. The highest BCUT2D eigenvalue weighted by atomic mass is 19.1. The summed E-state index contributed by atoms with van der Waals surface area (Å²) in [5.41, 5.74) is 0.0408. The Balaban J connectivity index is 2.62. The second-order valence-electron chi connectivity index (χ2n) is 3.67. The number of halogens is 2. The molecule has 1 rings (SSSR count). The van der Waals surface area contributed by atoms with Crippen LogP contribution in [0.15, 0.2) is 18.2 Å². The molecule has 0 aliphatic rings. The fraction of sp³-hybridized carbons (Fsp3) is 0.455. The Labute approximate surface area is 92.7 Å². The third-order valence-electron chi connectivity index (χ3n) is 2.26. The molecule has 0 heterocycles. The van der Waals surface area contributed by atoms with Crippen LogP contribution in [0.1, 0.15) is 18.6 Å². The van der Waals surface area contributed by atoms with Crippen LogP contribution in [-0.4, -0.2) is 29.4 Å². The van der Waals surface area contributed by atoms with E-state index in [1.807, 2.05) is 0 Å². The average Bonchev–Trinajstić information content (AvgIpc) is 2.25. The number of benzene rings is 1. The van der Waals surface area contributed by atoms with Gasteiger partial charge < -0.3 is 15.5 Å². The number of hydrogen-bond acceptors (Lipinski definition) is 3. The first-order chi connectivity index (χ1) is 7.54. The van der Waals surface area contributed by atoms with E-state index in [9.17, 15) is 13.9 Å². The molecule has 0 saturated carbocycles. The normalized spacial score (nSPS) is 14.8. The smallest absolute Gasteiger partial charge is 0.131 e. The summed E-state index contributed by atoms with van der Waals surface area (Å²) in [5.74, 6) is -1.45. The zero-order valence-electron chi connectivity index (χ0n) is 8.95. The van der Waals surface area contributed by atoms with Crippen LogP contribution in [-0.2, 0) is 0 Å². The Kier molecular flexibility index (Phi) is 4.79. The predicted molar refractivity (Wildman–Crippen MR) is 55.9 cm³/mol. The molecule has 0 aromatic heterocycles. The summed E-state index contributed by atoms with van der Waals surface area (Å²) in [4.78, 5) is 0. The van der Waals surface area contributed by atoms with Gasteiger partial charge in [-0.25, -0.2) is 8.78 Å². The molecular weight excluding hydrogens is 216 g/mol. The first-order valence-electron chi connectivity index (χ1n) is 5.02. The number of rotatable bonds is 5. The summed E-state index contributed by atoms with van der Waals surface area (Å²) in [6.45, 7) is 1.76. The molecule has 0 bridgehead atoms. The van der Waals surface area contributed by atoms with Crippen LogP contribution in [0.5, 0.6) is 0 Å². The lowest BCUT2D eigenvalue weighted by Crippen LogP contribution is -2.33. The molecule has 2 atom stereocenters. The first-order valence-corrected chi connectivity index (χ1v) is 5.02. The monoisotopic (exact) mass is 231 g/mol. The van der Waals surface area contributed by atoms with Crippen molar-refractivity contribution in [1.82, 2.24) is 5.32 Å². The van der Waals surface area contributed by atoms with E-state index in [1.54, 1.807) is 6.92 Å². The number of aliphatic hydroxyl groups excluding tert-OH is 2. The lowest BCUT2D eigenvalue weighted by molar-refractivity contribution is 0.157. The Hall–Kier alpha value is -1.04. The van der Waals surface area contributed by atoms with Gasteiger partial charge >= 0.3 is 0 Å². The van der Waals surface area contributed by atoms with Gasteiger partial charge in [-0.05, 0) is 13.0 Å². The van der Waals surface area contributed by atoms with Crippen molar-refractivity contribution in [2.24, 2.45) is 0 Å². The summed E-state index contributed by atoms with van der Waals surface area (Å²) >= 11 is 0. The molecule has 2 unspecified atom stereocenters. The number of nitrogens with one attached hydrogen (secondary N) is 1. The topological polar surface area (TPSA) is 52.5 Å². The fourth-order valence-corrected chi connectivity index (χ4v) is 1.26. The fourth-order valence-electron chi connectivity index (χ4n) is 1.26. The predicted octanol–water partition coefficient (Wildman–Crippen LogP) is 0.969. The van der Waals surface area contributed by atoms with Crippen molar-refractivity contribution in [3.63, 3.8) is 0 Å². The summed E-state index contributed by atoms with van der Waals surface area (Å²) in [5, 5.41) is 21.2. The van der Waals surface area contributed by atoms with E-state index in [4.69, 9.17) is 5.11 Å². The van der Waals surface area contributed by atoms with Crippen LogP contribution >= 0.6 is 0 Å². The van der Waals surface area contributed by atoms with Gasteiger partial charge in [0.1, 0.15) is 11.6 Å². The van der Waals surface area contributed by atoms with Crippen molar-refractivity contribution in [3.8, 4) is 0 Å². The first kappa shape index (κ1) is 13.0. The highest BCUT2D eigenvalue weighted by Gasteiger charge is 2.14. The quantitative estimate of drug-likeness (QED) is 0.707. The van der Waals surface area contributed by atoms with Gasteiger partial charge in [0.25, 0.3) is 0 Å². The van der Waals surface area contributed by atoms with Gasteiger partial charge in [0.2, 0.25) is 0 Å². The zero-order chi connectivity index (χ0) is 12.1. The van der Waals surface area contributed by atoms with Crippen molar-refractivity contribution in [3.05, 3.63) is 35.4 Å². The summed E-state index contributed by atoms with van der Waals surface area (Å²) in [6.07, 6.45) is -1.06. The van der Waals surface area contributed by atoms with Crippen LogP contribution in [0, 0.1) is 11.6 Å². The molecular formula is C11H15F2NO2. The number of aliphatic hydroxyl groups is 2. The summed E-state index contributed by atoms with van der Waals surface area (Å²) in [7, 11) is 0. The van der Waals surface area contributed by atoms with Gasteiger partial charge in [-0.15, -0.1) is 0 Å². The van der Waals surface area contributed by atoms with Gasteiger partial charge in [-0.2, -0.15) is 0 Å². The van der Waals surface area contributed by atoms with Gasteiger partial charge in [0.15, 0.2) is 0 Å². The molecule has 0 aliphatic heterocycles. The third-order valence-corrected chi connectivity index (χ3v) is 2.26. The van der Waals surface area contributed by atoms with E-state index in [2.05, 4.69) is 5.32 Å². The Morgan fingerprint density at radius 2 is 2.06 bits per heavy atom. The minimum absolute atomic E-state index is 0.0408. The second kappa shape index (κ2) is 5.89. The third kappa shape index (κ3) is 3.52. The molecule has 5 heteroatoms. The molecule has 3 nitrogen and oxygen atoms in total. The lowest BCUT2D eigenvalue weighted by atomic mass is 10.1. The van der Waals surface area contributed by atoms with Crippen molar-refractivity contribution >= 4 is 0 Å². The van der Waals surface area contributed by atoms with E-state index in [0.717, 1.165) is 12.1 Å². The molecule has 3 N–H and O–H groups in total. The Morgan fingerprint density at radius 1 is 1.38 bits per heavy atom. The van der Waals surface area contributed by atoms with Crippen molar-refractivity contribution in [2.45, 2.75) is 19.1 Å². The molecule has 0 spiro atoms. The molecule has 1 aromatic rings. The molecule has 0 radical (unpaired) electrons. The van der Waals surface area contributed by atoms with Crippen molar-refractivity contribution in [1.29, 1.82) is 0 Å². The van der Waals surface area contributed by atoms with Crippen LogP contribution in [0.3, 0.4) is 0 Å². The average molecular weight is 231 g/mol. The van der Waals surface area contributed by atoms with E-state index in [1.165, 1.54) is 6.07 Å². The van der Waals surface area contributed by atoms with Crippen LogP contribution < -0.4 is 5.32 Å². The van der Waals surface area contributed by atoms with E-state index in [0.29, 0.717) is 0 Å². The van der Waals surface area contributed by atoms with Crippen molar-refractivity contribution in [2.75, 3.05) is 13.2 Å². The SMILES string of the molecule is CC(CO)NCC(O)c1ccc(F)cc1F. The van der Waals surface area contributed by atoms with Crippen LogP contribution in [0.25, 0.3) is 0 Å². The van der Waals surface area contributed by atoms with E-state index >= 15 is 0 Å². The lowest BCUT2D eigenvalue weighted by Gasteiger charge is -2.16. The van der Waals surface area contributed by atoms with Crippen LogP contribution in [0.2, 0.25) is 0 Å². The Morgan fingerprint density at radius 3 is 2.62 bits per heavy atom. The summed E-state index contributed by atoms with van der Waals surface area (Å²) in [6, 6.07) is 2.85. The second-order valence-corrected chi connectivity index (χ2v) is 3.67. The standard InChI is InChI=1S/C11H15F2NO2/c1-7(6-15)14-5-11(16)9-3-2-8(12)4-10(9)13/h2-4,7,11,14-16H,5-6H2,1H3. The summed E-state index contributed by atoms with van der Waals surface area (Å²) < 4.78 is 25.8. The molecule has 0 amide bonds. The van der Waals surface area contributed by atoms with Gasteiger partial charge in [0, 0.05) is 24.2 Å². The van der Waals surface area contributed by atoms with Gasteiger partial charge in [0.05, 0.1) is 12.7 Å². The molecule has 0 aliphatic carbocycles. The minimum atomic E-state index is -1.06. The maximum atomic E-state index is 13.2. The zero-order valence-corrected chi connectivity index (χ0v) is 8.95. The molecule has 0 saturated heterocycles. The van der Waals surface area contributed by atoms with E-state index < -0.39 is 17.7 Å².